The number of ether oxygens (including phenoxy) is 2. The summed E-state index contributed by atoms with van der Waals surface area (Å²) in [7, 11) is 1.29. The highest BCUT2D eigenvalue weighted by molar-refractivity contribution is 7.16. The highest BCUT2D eigenvalue weighted by atomic mass is 32.1. The molecule has 1 amide bonds. The summed E-state index contributed by atoms with van der Waals surface area (Å²) in [5.41, 5.74) is 3.12. The highest BCUT2D eigenvalue weighted by Crippen LogP contribution is 2.32. The van der Waals surface area contributed by atoms with E-state index in [1.165, 1.54) is 18.4 Å². The first-order valence-electron chi connectivity index (χ1n) is 9.09. The van der Waals surface area contributed by atoms with Crippen LogP contribution in [0.2, 0.25) is 0 Å². The van der Waals surface area contributed by atoms with Crippen LogP contribution < -0.4 is 5.32 Å². The minimum absolute atomic E-state index is 0.166. The van der Waals surface area contributed by atoms with Gasteiger partial charge in [-0.2, -0.15) is 0 Å². The fourth-order valence-corrected chi connectivity index (χ4v) is 4.08. The molecule has 1 aromatic carbocycles. The molecule has 0 aliphatic carbocycles. The first-order valence-corrected chi connectivity index (χ1v) is 9.91. The number of thiophene rings is 1. The smallest absolute Gasteiger partial charge is 0.341 e. The van der Waals surface area contributed by atoms with Gasteiger partial charge < -0.3 is 19.8 Å². The maximum absolute atomic E-state index is 12.2. The first-order chi connectivity index (χ1) is 13.9. The number of benzene rings is 1. The second-order valence-electron chi connectivity index (χ2n) is 6.55. The number of para-hydroxylation sites is 1. The van der Waals surface area contributed by atoms with E-state index in [9.17, 15) is 14.4 Å². The van der Waals surface area contributed by atoms with Crippen molar-refractivity contribution in [3.63, 3.8) is 0 Å². The molecule has 8 heteroatoms. The molecular formula is C21H22N2O5S. The Kier molecular flexibility index (Phi) is 6.33. The van der Waals surface area contributed by atoms with Crippen molar-refractivity contribution in [2.24, 2.45) is 0 Å². The van der Waals surface area contributed by atoms with Gasteiger partial charge in [0.2, 0.25) is 0 Å². The van der Waals surface area contributed by atoms with Crippen LogP contribution in [0.25, 0.3) is 10.9 Å². The number of hydrogen-bond donors (Lipinski definition) is 2. The van der Waals surface area contributed by atoms with Crippen LogP contribution in [-0.4, -0.2) is 36.5 Å². The van der Waals surface area contributed by atoms with E-state index in [4.69, 9.17) is 9.47 Å². The highest BCUT2D eigenvalue weighted by Gasteiger charge is 2.22. The third-order valence-corrected chi connectivity index (χ3v) is 5.79. The average molecular weight is 414 g/mol. The molecule has 0 aliphatic heterocycles. The minimum atomic E-state index is -0.516. The van der Waals surface area contributed by atoms with E-state index in [0.29, 0.717) is 17.0 Å². The zero-order chi connectivity index (χ0) is 21.0. The van der Waals surface area contributed by atoms with Gasteiger partial charge in [-0.3, -0.25) is 9.59 Å². The molecule has 0 spiro atoms. The number of methoxy groups -OCH3 is 1. The molecule has 3 aromatic rings. The van der Waals surface area contributed by atoms with E-state index in [0.717, 1.165) is 26.9 Å². The van der Waals surface area contributed by atoms with Crippen molar-refractivity contribution in [3.05, 3.63) is 52.0 Å². The molecule has 2 N–H and O–H groups in total. The summed E-state index contributed by atoms with van der Waals surface area (Å²) < 4.78 is 9.85. The standard InChI is InChI=1S/C21H22N2O5S/c1-12-13(2)29-20(19(12)21(26)27-3)23-17(24)11-28-18(25)9-8-14-10-22-16-7-5-4-6-15(14)16/h4-7,10,22H,8-9,11H2,1-3H3,(H,23,24). The summed E-state index contributed by atoms with van der Waals surface area (Å²) >= 11 is 1.28. The summed E-state index contributed by atoms with van der Waals surface area (Å²) in [5, 5.41) is 4.09. The number of aromatic nitrogens is 1. The molecule has 0 saturated carbocycles. The van der Waals surface area contributed by atoms with Crippen molar-refractivity contribution >= 4 is 45.1 Å². The third kappa shape index (κ3) is 4.65. The largest absolute Gasteiger partial charge is 0.465 e. The van der Waals surface area contributed by atoms with E-state index < -0.39 is 24.5 Å². The zero-order valence-electron chi connectivity index (χ0n) is 16.5. The third-order valence-electron chi connectivity index (χ3n) is 4.67. The molecule has 29 heavy (non-hydrogen) atoms. The number of anilines is 1. The maximum atomic E-state index is 12.2. The van der Waals surface area contributed by atoms with Gasteiger partial charge in [-0.15, -0.1) is 11.3 Å². The Balaban J connectivity index is 1.52. The number of hydrogen-bond acceptors (Lipinski definition) is 6. The average Bonchev–Trinajstić information content (AvgIpc) is 3.25. The molecule has 0 bridgehead atoms. The Hall–Kier alpha value is -3.13. The summed E-state index contributed by atoms with van der Waals surface area (Å²) in [5.74, 6) is -1.48. The van der Waals surface area contributed by atoms with Crippen LogP contribution in [0.4, 0.5) is 5.00 Å². The quantitative estimate of drug-likeness (QED) is 0.574. The zero-order valence-corrected chi connectivity index (χ0v) is 17.3. The number of esters is 2. The molecule has 3 rings (SSSR count). The van der Waals surface area contributed by atoms with Gasteiger partial charge in [0.25, 0.3) is 5.91 Å². The van der Waals surface area contributed by atoms with Gasteiger partial charge in [-0.05, 0) is 37.5 Å². The van der Waals surface area contributed by atoms with Crippen LogP contribution in [0.5, 0.6) is 0 Å². The lowest BCUT2D eigenvalue weighted by molar-refractivity contribution is -0.147. The van der Waals surface area contributed by atoms with Crippen LogP contribution in [0.15, 0.2) is 30.5 Å². The number of amides is 1. The number of carbonyl (C=O) groups excluding carboxylic acids is 3. The predicted octanol–water partition coefficient (Wildman–Crippen LogP) is 3.75. The van der Waals surface area contributed by atoms with E-state index in [1.54, 1.807) is 6.92 Å². The van der Waals surface area contributed by atoms with Gasteiger partial charge in [0.1, 0.15) is 5.00 Å². The van der Waals surface area contributed by atoms with Gasteiger partial charge in [0.05, 0.1) is 12.7 Å². The number of rotatable bonds is 7. The number of nitrogens with one attached hydrogen (secondary N) is 2. The predicted molar refractivity (Wildman–Crippen MR) is 111 cm³/mol. The number of aromatic amines is 1. The van der Waals surface area contributed by atoms with Crippen molar-refractivity contribution in [1.29, 1.82) is 0 Å². The Labute approximate surface area is 172 Å². The monoisotopic (exact) mass is 414 g/mol. The molecular weight excluding hydrogens is 392 g/mol. The Bertz CT molecular complexity index is 1070. The number of fused-ring (bicyclic) bond motifs is 1. The van der Waals surface area contributed by atoms with E-state index in [1.807, 2.05) is 37.4 Å². The lowest BCUT2D eigenvalue weighted by Crippen LogP contribution is -2.21. The normalized spacial score (nSPS) is 10.7. The summed E-state index contributed by atoms with van der Waals surface area (Å²) in [4.78, 5) is 40.2. The minimum Gasteiger partial charge on any atom is -0.465 e. The van der Waals surface area contributed by atoms with Crippen molar-refractivity contribution in [2.45, 2.75) is 26.7 Å². The SMILES string of the molecule is COC(=O)c1c(NC(=O)COC(=O)CCc2c[nH]c3ccccc23)sc(C)c1C. The Morgan fingerprint density at radius 1 is 1.17 bits per heavy atom. The molecule has 2 heterocycles. The summed E-state index contributed by atoms with van der Waals surface area (Å²) in [6, 6.07) is 7.85. The van der Waals surface area contributed by atoms with Crippen molar-refractivity contribution in [1.82, 2.24) is 4.98 Å². The number of H-pyrrole nitrogens is 1. The van der Waals surface area contributed by atoms with Crippen molar-refractivity contribution < 1.29 is 23.9 Å². The Morgan fingerprint density at radius 2 is 1.93 bits per heavy atom. The molecule has 2 aromatic heterocycles. The van der Waals surface area contributed by atoms with Crippen LogP contribution in [0, 0.1) is 13.8 Å². The fraction of sp³-hybridized carbons (Fsp3) is 0.286. The van der Waals surface area contributed by atoms with Gasteiger partial charge in [0, 0.05) is 28.4 Å². The second kappa shape index (κ2) is 8.91. The molecule has 0 aliphatic rings. The second-order valence-corrected chi connectivity index (χ2v) is 7.77. The maximum Gasteiger partial charge on any atom is 0.341 e. The molecule has 0 radical (unpaired) electrons. The van der Waals surface area contributed by atoms with E-state index in [-0.39, 0.29) is 6.42 Å². The number of aryl methyl sites for hydroxylation is 2. The molecule has 0 fully saturated rings. The van der Waals surface area contributed by atoms with Gasteiger partial charge >= 0.3 is 11.9 Å². The molecule has 0 unspecified atom stereocenters. The van der Waals surface area contributed by atoms with Crippen LogP contribution in [0.1, 0.15) is 32.8 Å². The number of carbonyl (C=O) groups is 3. The van der Waals surface area contributed by atoms with Crippen LogP contribution in [-0.2, 0) is 25.5 Å². The summed E-state index contributed by atoms with van der Waals surface area (Å²) in [6.45, 7) is 3.23. The van der Waals surface area contributed by atoms with Gasteiger partial charge in [0.15, 0.2) is 6.61 Å². The lowest BCUT2D eigenvalue weighted by atomic mass is 10.1. The van der Waals surface area contributed by atoms with Gasteiger partial charge in [-0.25, -0.2) is 4.79 Å². The van der Waals surface area contributed by atoms with Crippen LogP contribution in [0.3, 0.4) is 0 Å². The van der Waals surface area contributed by atoms with Crippen molar-refractivity contribution in [2.75, 3.05) is 19.0 Å². The van der Waals surface area contributed by atoms with Crippen molar-refractivity contribution in [3.8, 4) is 0 Å². The molecule has 152 valence electrons. The fourth-order valence-electron chi connectivity index (χ4n) is 3.02. The topological polar surface area (TPSA) is 97.5 Å². The van der Waals surface area contributed by atoms with Gasteiger partial charge in [-0.1, -0.05) is 18.2 Å². The Morgan fingerprint density at radius 3 is 2.69 bits per heavy atom. The molecule has 0 atom stereocenters. The molecule has 0 saturated heterocycles. The van der Waals surface area contributed by atoms with E-state index in [2.05, 4.69) is 10.3 Å². The molecule has 7 nitrogen and oxygen atoms in total. The first kappa shape index (κ1) is 20.6. The summed E-state index contributed by atoms with van der Waals surface area (Å²) in [6.07, 6.45) is 2.56. The van der Waals surface area contributed by atoms with Crippen LogP contribution >= 0.6 is 11.3 Å². The lowest BCUT2D eigenvalue weighted by Gasteiger charge is -2.07. The van der Waals surface area contributed by atoms with E-state index >= 15 is 0 Å².